The van der Waals surface area contributed by atoms with Crippen LogP contribution >= 0.6 is 27.5 Å². The van der Waals surface area contributed by atoms with Crippen molar-refractivity contribution in [3.8, 4) is 0 Å². The van der Waals surface area contributed by atoms with E-state index in [1.807, 2.05) is 28.8 Å². The third-order valence-corrected chi connectivity index (χ3v) is 7.21. The molecule has 1 aromatic carbocycles. The zero-order valence-electron chi connectivity index (χ0n) is 13.0. The Bertz CT molecular complexity index is 1050. The lowest BCUT2D eigenvalue weighted by molar-refractivity contribution is 0.381. The van der Waals surface area contributed by atoms with Gasteiger partial charge in [0.1, 0.15) is 4.90 Å². The van der Waals surface area contributed by atoms with E-state index in [1.165, 1.54) is 10.4 Å². The maximum Gasteiger partial charge on any atom is 0.245 e. The van der Waals surface area contributed by atoms with Crippen molar-refractivity contribution in [1.82, 2.24) is 18.9 Å². The van der Waals surface area contributed by atoms with Crippen LogP contribution in [0.2, 0.25) is 5.02 Å². The van der Waals surface area contributed by atoms with Gasteiger partial charge in [-0.1, -0.05) is 33.6 Å². The van der Waals surface area contributed by atoms with E-state index in [0.29, 0.717) is 24.4 Å². The molecule has 0 N–H and O–H groups in total. The monoisotopic (exact) mass is 440 g/mol. The van der Waals surface area contributed by atoms with E-state index in [-0.39, 0.29) is 16.0 Å². The van der Waals surface area contributed by atoms with Crippen LogP contribution in [0.15, 0.2) is 52.0 Å². The predicted molar refractivity (Wildman–Crippen MR) is 98.0 cm³/mol. The van der Waals surface area contributed by atoms with Gasteiger partial charge in [-0.15, -0.1) is 10.2 Å². The molecule has 1 fully saturated rings. The molecular weight excluding hydrogens is 428 g/mol. The molecule has 1 atom stereocenters. The van der Waals surface area contributed by atoms with Gasteiger partial charge in [-0.2, -0.15) is 4.31 Å². The molecule has 0 bridgehead atoms. The summed E-state index contributed by atoms with van der Waals surface area (Å²) in [7, 11) is -3.73. The number of hydrogen-bond donors (Lipinski definition) is 0. The van der Waals surface area contributed by atoms with Gasteiger partial charge in [-0.3, -0.25) is 4.40 Å². The van der Waals surface area contributed by atoms with E-state index in [4.69, 9.17) is 11.6 Å². The van der Waals surface area contributed by atoms with Crippen LogP contribution in [0.25, 0.3) is 5.65 Å². The molecule has 0 saturated carbocycles. The molecule has 2 aromatic heterocycles. The first-order chi connectivity index (χ1) is 12.0. The number of benzene rings is 1. The van der Waals surface area contributed by atoms with Gasteiger partial charge in [0.2, 0.25) is 10.0 Å². The Hall–Kier alpha value is -1.48. The average Bonchev–Trinajstić information content (AvgIpc) is 3.21. The molecule has 1 saturated heterocycles. The fourth-order valence-corrected chi connectivity index (χ4v) is 5.85. The third-order valence-electron chi connectivity index (χ3n) is 4.32. The molecule has 3 aromatic rings. The Morgan fingerprint density at radius 1 is 1.20 bits per heavy atom. The number of aromatic nitrogens is 3. The largest absolute Gasteiger partial charge is 0.285 e. The van der Waals surface area contributed by atoms with Crippen LogP contribution in [0.4, 0.5) is 0 Å². The van der Waals surface area contributed by atoms with Crippen LogP contribution in [-0.4, -0.2) is 33.9 Å². The lowest BCUT2D eigenvalue weighted by atomic mass is 10.2. The van der Waals surface area contributed by atoms with Gasteiger partial charge in [0, 0.05) is 17.2 Å². The quantitative estimate of drug-likeness (QED) is 0.622. The molecule has 130 valence electrons. The Kier molecular flexibility index (Phi) is 4.31. The highest BCUT2D eigenvalue weighted by Gasteiger charge is 2.39. The second-order valence-electron chi connectivity index (χ2n) is 5.84. The average molecular weight is 442 g/mol. The molecule has 0 spiro atoms. The van der Waals surface area contributed by atoms with Crippen molar-refractivity contribution in [2.24, 2.45) is 0 Å². The topological polar surface area (TPSA) is 67.6 Å². The van der Waals surface area contributed by atoms with Crippen LogP contribution < -0.4 is 0 Å². The lowest BCUT2D eigenvalue weighted by Gasteiger charge is -2.23. The maximum absolute atomic E-state index is 13.2. The molecule has 25 heavy (non-hydrogen) atoms. The van der Waals surface area contributed by atoms with Crippen LogP contribution in [0.5, 0.6) is 0 Å². The number of halogens is 2. The SMILES string of the molecule is O=S(=O)(c1ccc(Br)cc1Cl)N1CCC[C@@H]1c1nnc2ccccn12. The Labute approximate surface area is 158 Å². The summed E-state index contributed by atoms with van der Waals surface area (Å²) in [6, 6.07) is 10.0. The lowest BCUT2D eigenvalue weighted by Crippen LogP contribution is -2.31. The summed E-state index contributed by atoms with van der Waals surface area (Å²) in [6.45, 7) is 0.432. The minimum absolute atomic E-state index is 0.109. The van der Waals surface area contributed by atoms with Crippen LogP contribution in [0.3, 0.4) is 0 Å². The number of pyridine rings is 1. The number of rotatable bonds is 3. The Morgan fingerprint density at radius 2 is 2.04 bits per heavy atom. The van der Waals surface area contributed by atoms with Gasteiger partial charge in [0.05, 0.1) is 11.1 Å². The highest BCUT2D eigenvalue weighted by molar-refractivity contribution is 9.10. The van der Waals surface area contributed by atoms with Crippen LogP contribution in [0, 0.1) is 0 Å². The van der Waals surface area contributed by atoms with Gasteiger partial charge in [0.15, 0.2) is 11.5 Å². The molecule has 0 radical (unpaired) electrons. The fraction of sp³-hybridized carbons (Fsp3) is 0.250. The van der Waals surface area contributed by atoms with Crippen LogP contribution in [0.1, 0.15) is 24.7 Å². The summed E-state index contributed by atoms with van der Waals surface area (Å²) < 4.78 is 30.4. The van der Waals surface area contributed by atoms with Crippen molar-refractivity contribution < 1.29 is 8.42 Å². The molecule has 0 unspecified atom stereocenters. The van der Waals surface area contributed by atoms with Gasteiger partial charge < -0.3 is 0 Å². The summed E-state index contributed by atoms with van der Waals surface area (Å²) in [5, 5.41) is 8.58. The van der Waals surface area contributed by atoms with Crippen molar-refractivity contribution in [3.63, 3.8) is 0 Å². The molecule has 6 nitrogen and oxygen atoms in total. The highest BCUT2D eigenvalue weighted by Crippen LogP contribution is 2.38. The standard InChI is InChI=1S/C16H14BrClN4O2S/c17-11-6-7-14(12(18)10-11)25(23,24)22-9-3-4-13(22)16-20-19-15-5-1-2-8-21(15)16/h1-2,5-8,10,13H,3-4,9H2/t13-/m1/s1. The summed E-state index contributed by atoms with van der Waals surface area (Å²) in [5.74, 6) is 0.630. The highest BCUT2D eigenvalue weighted by atomic mass is 79.9. The zero-order chi connectivity index (χ0) is 17.6. The minimum atomic E-state index is -3.73. The summed E-state index contributed by atoms with van der Waals surface area (Å²) >= 11 is 9.49. The molecule has 4 rings (SSSR count). The Balaban J connectivity index is 1.79. The normalized spacial score (nSPS) is 18.9. The summed E-state index contributed by atoms with van der Waals surface area (Å²) in [5.41, 5.74) is 0.698. The molecule has 9 heteroatoms. The summed E-state index contributed by atoms with van der Waals surface area (Å²) in [4.78, 5) is 0.109. The third kappa shape index (κ3) is 2.87. The first-order valence-corrected chi connectivity index (χ1v) is 10.4. The zero-order valence-corrected chi connectivity index (χ0v) is 16.2. The molecule has 1 aliphatic heterocycles. The number of fused-ring (bicyclic) bond motifs is 1. The van der Waals surface area contributed by atoms with Crippen molar-refractivity contribution in [1.29, 1.82) is 0 Å². The van der Waals surface area contributed by atoms with Crippen molar-refractivity contribution >= 4 is 43.2 Å². The van der Waals surface area contributed by atoms with E-state index >= 15 is 0 Å². The van der Waals surface area contributed by atoms with E-state index < -0.39 is 10.0 Å². The predicted octanol–water partition coefficient (Wildman–Crippen LogP) is 3.67. The Morgan fingerprint density at radius 3 is 2.84 bits per heavy atom. The van der Waals surface area contributed by atoms with Gasteiger partial charge in [0.25, 0.3) is 0 Å². The first kappa shape index (κ1) is 17.0. The fourth-order valence-electron chi connectivity index (χ4n) is 3.18. The van der Waals surface area contributed by atoms with Crippen LogP contribution in [-0.2, 0) is 10.0 Å². The van der Waals surface area contributed by atoms with Crippen molar-refractivity contribution in [3.05, 3.63) is 57.9 Å². The number of sulfonamides is 1. The van der Waals surface area contributed by atoms with Gasteiger partial charge in [-0.25, -0.2) is 8.42 Å². The summed E-state index contributed by atoms with van der Waals surface area (Å²) in [6.07, 6.45) is 3.31. The van der Waals surface area contributed by atoms with E-state index in [9.17, 15) is 8.42 Å². The van der Waals surface area contributed by atoms with E-state index in [1.54, 1.807) is 12.1 Å². The maximum atomic E-state index is 13.2. The second-order valence-corrected chi connectivity index (χ2v) is 9.02. The minimum Gasteiger partial charge on any atom is -0.285 e. The second kappa shape index (κ2) is 6.35. The first-order valence-electron chi connectivity index (χ1n) is 7.75. The molecule has 1 aliphatic rings. The van der Waals surface area contributed by atoms with Crippen molar-refractivity contribution in [2.45, 2.75) is 23.8 Å². The van der Waals surface area contributed by atoms with Gasteiger partial charge >= 0.3 is 0 Å². The van der Waals surface area contributed by atoms with Gasteiger partial charge in [-0.05, 0) is 43.2 Å². The van der Waals surface area contributed by atoms with E-state index in [0.717, 1.165) is 10.9 Å². The smallest absolute Gasteiger partial charge is 0.245 e. The number of hydrogen-bond acceptors (Lipinski definition) is 4. The molecular formula is C16H14BrClN4O2S. The molecule has 3 heterocycles. The van der Waals surface area contributed by atoms with E-state index in [2.05, 4.69) is 26.1 Å². The molecule has 0 aliphatic carbocycles. The number of nitrogens with zero attached hydrogens (tertiary/aromatic N) is 4. The van der Waals surface area contributed by atoms with Crippen molar-refractivity contribution in [2.75, 3.05) is 6.54 Å². The molecule has 0 amide bonds.